The van der Waals surface area contributed by atoms with Gasteiger partial charge in [-0.1, -0.05) is 6.92 Å². The molecule has 0 aliphatic heterocycles. The first-order chi connectivity index (χ1) is 5.69. The maximum absolute atomic E-state index is 11.0. The van der Waals surface area contributed by atoms with Gasteiger partial charge >= 0.3 is 6.09 Å². The van der Waals surface area contributed by atoms with E-state index in [2.05, 4.69) is 9.84 Å². The maximum atomic E-state index is 11.0. The van der Waals surface area contributed by atoms with E-state index in [-0.39, 0.29) is 0 Å². The van der Waals surface area contributed by atoms with E-state index in [0.29, 0.717) is 0 Å². The molecule has 0 aliphatic carbocycles. The third kappa shape index (κ3) is 1.47. The highest BCUT2D eigenvalue weighted by Gasteiger charge is 2.09. The molecule has 0 amide bonds. The number of nitrogens with zero attached hydrogens (tertiary/aromatic N) is 2. The lowest BCUT2D eigenvalue weighted by molar-refractivity contribution is 0.168. The summed E-state index contributed by atoms with van der Waals surface area (Å²) in [5, 5.41) is 4.04. The summed E-state index contributed by atoms with van der Waals surface area (Å²) in [6.45, 7) is 3.81. The Balaban J connectivity index is 2.99. The van der Waals surface area contributed by atoms with E-state index >= 15 is 0 Å². The normalized spacial score (nSPS) is 9.92. The first kappa shape index (κ1) is 8.77. The van der Waals surface area contributed by atoms with Gasteiger partial charge < -0.3 is 4.74 Å². The number of ether oxygens (including phenoxy) is 1. The quantitative estimate of drug-likeness (QED) is 0.636. The summed E-state index contributed by atoms with van der Waals surface area (Å²) < 4.78 is 5.80. The Morgan fingerprint density at radius 2 is 2.42 bits per heavy atom. The van der Waals surface area contributed by atoms with Crippen LogP contribution in [0.25, 0.3) is 0 Å². The number of hydrogen-bond acceptors (Lipinski definition) is 3. The summed E-state index contributed by atoms with van der Waals surface area (Å²) in [5.74, 6) is 0. The van der Waals surface area contributed by atoms with Gasteiger partial charge in [-0.2, -0.15) is 9.78 Å². The van der Waals surface area contributed by atoms with Crippen LogP contribution >= 0.6 is 0 Å². The molecular weight excluding hydrogens is 156 g/mol. The van der Waals surface area contributed by atoms with Gasteiger partial charge in [-0.05, 0) is 19.4 Å². The minimum Gasteiger partial charge on any atom is -0.451 e. The predicted octanol–water partition coefficient (Wildman–Crippen LogP) is 1.37. The van der Waals surface area contributed by atoms with Crippen molar-refractivity contribution < 1.29 is 9.53 Å². The van der Waals surface area contributed by atoms with Gasteiger partial charge in [0.05, 0.1) is 12.8 Å². The topological polar surface area (TPSA) is 44.1 Å². The van der Waals surface area contributed by atoms with E-state index in [1.165, 1.54) is 11.8 Å². The smallest absolute Gasteiger partial charge is 0.434 e. The van der Waals surface area contributed by atoms with Gasteiger partial charge in [0.2, 0.25) is 0 Å². The number of aryl methyl sites for hydroxylation is 2. The van der Waals surface area contributed by atoms with Crippen molar-refractivity contribution in [2.24, 2.45) is 0 Å². The summed E-state index contributed by atoms with van der Waals surface area (Å²) in [6.07, 6.45) is 0.386. The molecule has 0 atom stereocenters. The van der Waals surface area contributed by atoms with Crippen LogP contribution < -0.4 is 0 Å². The molecule has 1 heterocycles. The lowest BCUT2D eigenvalue weighted by Gasteiger charge is -1.98. The van der Waals surface area contributed by atoms with Crippen molar-refractivity contribution in [3.05, 3.63) is 17.5 Å². The van der Waals surface area contributed by atoms with Gasteiger partial charge in [0, 0.05) is 5.69 Å². The van der Waals surface area contributed by atoms with Crippen LogP contribution in [0.4, 0.5) is 4.79 Å². The van der Waals surface area contributed by atoms with E-state index in [1.54, 1.807) is 0 Å². The molecule has 12 heavy (non-hydrogen) atoms. The highest BCUT2D eigenvalue weighted by atomic mass is 16.5. The molecule has 0 aromatic carbocycles. The standard InChI is InChI=1S/C8H12N2O2/c1-4-7-5-6(2)10(9-7)8(11)12-3/h5H,4H2,1-3H3. The molecule has 1 aromatic rings. The fourth-order valence-corrected chi connectivity index (χ4v) is 0.983. The molecule has 0 bridgehead atoms. The summed E-state index contributed by atoms with van der Waals surface area (Å²) >= 11 is 0. The zero-order valence-corrected chi connectivity index (χ0v) is 7.50. The average Bonchev–Trinajstić information content (AvgIpc) is 2.45. The Labute approximate surface area is 71.1 Å². The maximum Gasteiger partial charge on any atom is 0.434 e. The molecule has 0 unspecified atom stereocenters. The molecule has 1 aromatic heterocycles. The highest BCUT2D eigenvalue weighted by molar-refractivity contribution is 5.70. The van der Waals surface area contributed by atoms with Gasteiger partial charge in [0.1, 0.15) is 0 Å². The van der Waals surface area contributed by atoms with Crippen LogP contribution in [0, 0.1) is 6.92 Å². The largest absolute Gasteiger partial charge is 0.451 e. The van der Waals surface area contributed by atoms with Gasteiger partial charge in [-0.25, -0.2) is 4.79 Å². The molecule has 0 fully saturated rings. The molecular formula is C8H12N2O2. The third-order valence-corrected chi connectivity index (χ3v) is 1.65. The van der Waals surface area contributed by atoms with Crippen molar-refractivity contribution in [2.75, 3.05) is 7.11 Å². The minimum absolute atomic E-state index is 0.438. The van der Waals surface area contributed by atoms with E-state index in [1.807, 2.05) is 19.9 Å². The number of methoxy groups -OCH3 is 1. The van der Waals surface area contributed by atoms with Crippen molar-refractivity contribution >= 4 is 6.09 Å². The van der Waals surface area contributed by atoms with Gasteiger partial charge in [0.25, 0.3) is 0 Å². The molecule has 4 nitrogen and oxygen atoms in total. The lowest BCUT2D eigenvalue weighted by atomic mass is 10.3. The molecule has 0 saturated carbocycles. The fourth-order valence-electron chi connectivity index (χ4n) is 0.983. The van der Waals surface area contributed by atoms with Crippen LogP contribution in [0.15, 0.2) is 6.07 Å². The van der Waals surface area contributed by atoms with Crippen molar-refractivity contribution in [3.63, 3.8) is 0 Å². The van der Waals surface area contributed by atoms with Crippen molar-refractivity contribution in [2.45, 2.75) is 20.3 Å². The van der Waals surface area contributed by atoms with E-state index < -0.39 is 6.09 Å². The predicted molar refractivity (Wildman–Crippen MR) is 44.1 cm³/mol. The summed E-state index contributed by atoms with van der Waals surface area (Å²) in [6, 6.07) is 1.87. The van der Waals surface area contributed by atoms with Crippen LogP contribution in [-0.4, -0.2) is 23.0 Å². The van der Waals surface area contributed by atoms with Crippen molar-refractivity contribution in [1.29, 1.82) is 0 Å². The van der Waals surface area contributed by atoms with E-state index in [0.717, 1.165) is 17.8 Å². The van der Waals surface area contributed by atoms with Crippen LogP contribution in [0.2, 0.25) is 0 Å². The van der Waals surface area contributed by atoms with Gasteiger partial charge in [0.15, 0.2) is 0 Å². The number of carbonyl (C=O) groups excluding carboxylic acids is 1. The van der Waals surface area contributed by atoms with Crippen LogP contribution in [0.5, 0.6) is 0 Å². The average molecular weight is 168 g/mol. The Morgan fingerprint density at radius 1 is 1.75 bits per heavy atom. The Hall–Kier alpha value is -1.32. The molecule has 0 N–H and O–H groups in total. The Morgan fingerprint density at radius 3 is 2.83 bits per heavy atom. The van der Waals surface area contributed by atoms with Crippen molar-refractivity contribution in [1.82, 2.24) is 9.78 Å². The summed E-state index contributed by atoms with van der Waals surface area (Å²) in [4.78, 5) is 11.0. The van der Waals surface area contributed by atoms with Gasteiger partial charge in [-0.15, -0.1) is 0 Å². The molecule has 0 radical (unpaired) electrons. The SMILES string of the molecule is CCc1cc(C)n(C(=O)OC)n1. The molecule has 4 heteroatoms. The first-order valence-electron chi connectivity index (χ1n) is 3.83. The van der Waals surface area contributed by atoms with Crippen molar-refractivity contribution in [3.8, 4) is 0 Å². The summed E-state index contributed by atoms with van der Waals surface area (Å²) in [7, 11) is 1.34. The monoisotopic (exact) mass is 168 g/mol. The third-order valence-electron chi connectivity index (χ3n) is 1.65. The Kier molecular flexibility index (Phi) is 2.47. The number of carbonyl (C=O) groups is 1. The Bertz CT molecular complexity index is 291. The second-order valence-corrected chi connectivity index (χ2v) is 2.51. The highest BCUT2D eigenvalue weighted by Crippen LogP contribution is 2.03. The molecule has 66 valence electrons. The second kappa shape index (κ2) is 3.38. The van der Waals surface area contributed by atoms with Crippen LogP contribution in [0.1, 0.15) is 18.3 Å². The number of rotatable bonds is 1. The zero-order chi connectivity index (χ0) is 9.14. The van der Waals surface area contributed by atoms with Crippen LogP contribution in [-0.2, 0) is 11.2 Å². The molecule has 0 spiro atoms. The van der Waals surface area contributed by atoms with Crippen LogP contribution in [0.3, 0.4) is 0 Å². The molecule has 1 rings (SSSR count). The van der Waals surface area contributed by atoms with E-state index in [9.17, 15) is 4.79 Å². The second-order valence-electron chi connectivity index (χ2n) is 2.51. The molecule has 0 saturated heterocycles. The van der Waals surface area contributed by atoms with Gasteiger partial charge in [-0.3, -0.25) is 0 Å². The van der Waals surface area contributed by atoms with E-state index in [4.69, 9.17) is 0 Å². The minimum atomic E-state index is -0.438. The molecule has 0 aliphatic rings. The zero-order valence-electron chi connectivity index (χ0n) is 7.50. The summed E-state index contributed by atoms with van der Waals surface area (Å²) in [5.41, 5.74) is 1.71. The lowest BCUT2D eigenvalue weighted by Crippen LogP contribution is -2.14. The first-order valence-corrected chi connectivity index (χ1v) is 3.83. The fraction of sp³-hybridized carbons (Fsp3) is 0.500. The number of hydrogen-bond donors (Lipinski definition) is 0. The number of aromatic nitrogens is 2.